The third kappa shape index (κ3) is 3.70. The molecule has 1 aromatic carbocycles. The van der Waals surface area contributed by atoms with Crippen molar-refractivity contribution in [2.24, 2.45) is 0 Å². The fourth-order valence-electron chi connectivity index (χ4n) is 3.02. The molecule has 29 heavy (non-hydrogen) atoms. The van der Waals surface area contributed by atoms with Gasteiger partial charge in [-0.2, -0.15) is 5.10 Å². The number of aromatic nitrogens is 4. The van der Waals surface area contributed by atoms with Gasteiger partial charge in [-0.05, 0) is 38.1 Å². The van der Waals surface area contributed by atoms with Crippen molar-refractivity contribution in [1.82, 2.24) is 19.7 Å². The molecule has 0 unspecified atom stereocenters. The number of hydrogen-bond acceptors (Lipinski definition) is 6. The number of benzene rings is 1. The Kier molecular flexibility index (Phi) is 5.01. The third-order valence-electron chi connectivity index (χ3n) is 4.38. The maximum atomic E-state index is 12.8. The van der Waals surface area contributed by atoms with Crippen LogP contribution in [0.3, 0.4) is 0 Å². The number of amides is 1. The quantitative estimate of drug-likeness (QED) is 0.404. The highest BCUT2D eigenvalue weighted by Gasteiger charge is 2.25. The van der Waals surface area contributed by atoms with Crippen molar-refractivity contribution in [3.8, 4) is 17.1 Å². The fourth-order valence-corrected chi connectivity index (χ4v) is 3.72. The van der Waals surface area contributed by atoms with Crippen molar-refractivity contribution in [3.63, 3.8) is 0 Å². The normalized spacial score (nSPS) is 10.7. The van der Waals surface area contributed by atoms with Crippen LogP contribution in [-0.2, 0) is 4.79 Å². The fraction of sp³-hybridized carbons (Fsp3) is 0.0952. The number of carbonyl (C=O) groups is 2. The molecule has 7 nitrogen and oxygen atoms in total. The summed E-state index contributed by atoms with van der Waals surface area (Å²) in [4.78, 5) is 34.0. The number of nitrogens with one attached hydrogen (secondary N) is 1. The van der Waals surface area contributed by atoms with Crippen LogP contribution in [0.5, 0.6) is 0 Å². The van der Waals surface area contributed by atoms with E-state index in [2.05, 4.69) is 20.4 Å². The van der Waals surface area contributed by atoms with Crippen molar-refractivity contribution in [2.45, 2.75) is 13.8 Å². The molecule has 3 aromatic heterocycles. The van der Waals surface area contributed by atoms with E-state index in [0.29, 0.717) is 33.5 Å². The van der Waals surface area contributed by atoms with Crippen molar-refractivity contribution in [1.29, 1.82) is 0 Å². The maximum absolute atomic E-state index is 12.8. The standard InChI is InChI=1S/C21H17N5O2S/c1-13-18(14(2)26(25-13)15-8-4-3-5-9-15)19(27)20(28)24-21-23-17(12-29-21)16-10-6-7-11-22-16/h3-12H,1-2H3,(H,23,24,28). The van der Waals surface area contributed by atoms with E-state index in [9.17, 15) is 9.59 Å². The Morgan fingerprint density at radius 2 is 1.76 bits per heavy atom. The van der Waals surface area contributed by atoms with Gasteiger partial charge < -0.3 is 0 Å². The molecule has 0 aliphatic carbocycles. The van der Waals surface area contributed by atoms with E-state index in [1.165, 1.54) is 11.3 Å². The number of para-hydroxylation sites is 1. The summed E-state index contributed by atoms with van der Waals surface area (Å²) in [5.41, 5.74) is 3.58. The van der Waals surface area contributed by atoms with E-state index in [4.69, 9.17) is 0 Å². The lowest BCUT2D eigenvalue weighted by atomic mass is 10.1. The first-order chi connectivity index (χ1) is 14.0. The van der Waals surface area contributed by atoms with Gasteiger partial charge in [0.05, 0.1) is 28.3 Å². The molecule has 0 atom stereocenters. The minimum absolute atomic E-state index is 0.299. The van der Waals surface area contributed by atoms with Crippen LogP contribution in [0, 0.1) is 13.8 Å². The molecular weight excluding hydrogens is 386 g/mol. The van der Waals surface area contributed by atoms with Crippen molar-refractivity contribution < 1.29 is 9.59 Å². The predicted molar refractivity (Wildman–Crippen MR) is 111 cm³/mol. The van der Waals surface area contributed by atoms with Crippen LogP contribution in [-0.4, -0.2) is 31.4 Å². The van der Waals surface area contributed by atoms with E-state index < -0.39 is 11.7 Å². The maximum Gasteiger partial charge on any atom is 0.298 e. The van der Waals surface area contributed by atoms with Gasteiger partial charge in [-0.3, -0.25) is 19.9 Å². The summed E-state index contributed by atoms with van der Waals surface area (Å²) in [7, 11) is 0. The molecule has 144 valence electrons. The molecule has 8 heteroatoms. The first-order valence-corrected chi connectivity index (χ1v) is 9.77. The monoisotopic (exact) mass is 403 g/mol. The Labute approximate surface area is 171 Å². The summed E-state index contributed by atoms with van der Waals surface area (Å²) in [6.07, 6.45) is 1.67. The van der Waals surface area contributed by atoms with Crippen LogP contribution < -0.4 is 5.32 Å². The molecule has 1 N–H and O–H groups in total. The Bertz CT molecular complexity index is 1180. The third-order valence-corrected chi connectivity index (χ3v) is 5.14. The van der Waals surface area contributed by atoms with Crippen LogP contribution in [0.1, 0.15) is 21.7 Å². The van der Waals surface area contributed by atoms with Gasteiger partial charge in [-0.25, -0.2) is 9.67 Å². The van der Waals surface area contributed by atoms with Gasteiger partial charge in [-0.1, -0.05) is 24.3 Å². The average molecular weight is 403 g/mol. The van der Waals surface area contributed by atoms with Gasteiger partial charge in [0.1, 0.15) is 5.69 Å². The van der Waals surface area contributed by atoms with E-state index in [1.54, 1.807) is 30.1 Å². The first-order valence-electron chi connectivity index (χ1n) is 8.89. The van der Waals surface area contributed by atoms with E-state index in [1.807, 2.05) is 48.5 Å². The van der Waals surface area contributed by atoms with Crippen LogP contribution in [0.2, 0.25) is 0 Å². The average Bonchev–Trinajstić information content (AvgIpc) is 3.33. The minimum atomic E-state index is -0.745. The summed E-state index contributed by atoms with van der Waals surface area (Å²) in [5, 5.41) is 9.14. The second-order valence-electron chi connectivity index (χ2n) is 6.33. The Hall–Kier alpha value is -3.65. The van der Waals surface area contributed by atoms with Crippen LogP contribution in [0.4, 0.5) is 5.13 Å². The van der Waals surface area contributed by atoms with Crippen LogP contribution in [0.15, 0.2) is 60.1 Å². The molecule has 1 amide bonds. The van der Waals surface area contributed by atoms with Gasteiger partial charge in [-0.15, -0.1) is 11.3 Å². The number of rotatable bonds is 5. The summed E-state index contributed by atoms with van der Waals surface area (Å²) in [6.45, 7) is 3.49. The topological polar surface area (TPSA) is 89.8 Å². The summed E-state index contributed by atoms with van der Waals surface area (Å²) >= 11 is 1.24. The van der Waals surface area contributed by atoms with Gasteiger partial charge in [0, 0.05) is 11.6 Å². The summed E-state index contributed by atoms with van der Waals surface area (Å²) in [5.74, 6) is -1.39. The van der Waals surface area contributed by atoms with Crippen molar-refractivity contribution >= 4 is 28.2 Å². The molecule has 0 aliphatic heterocycles. The second-order valence-corrected chi connectivity index (χ2v) is 7.19. The van der Waals surface area contributed by atoms with Gasteiger partial charge in [0.2, 0.25) is 0 Å². The van der Waals surface area contributed by atoms with Crippen LogP contribution >= 0.6 is 11.3 Å². The van der Waals surface area contributed by atoms with Gasteiger partial charge in [0.25, 0.3) is 11.7 Å². The van der Waals surface area contributed by atoms with E-state index in [0.717, 1.165) is 5.69 Å². The minimum Gasteiger partial charge on any atom is -0.295 e. The van der Waals surface area contributed by atoms with Gasteiger partial charge >= 0.3 is 0 Å². The Morgan fingerprint density at radius 3 is 2.48 bits per heavy atom. The molecule has 0 radical (unpaired) electrons. The molecule has 0 saturated heterocycles. The molecule has 4 aromatic rings. The number of pyridine rings is 1. The number of hydrogen-bond donors (Lipinski definition) is 1. The van der Waals surface area contributed by atoms with Crippen LogP contribution in [0.25, 0.3) is 17.1 Å². The van der Waals surface area contributed by atoms with E-state index in [-0.39, 0.29) is 0 Å². The number of anilines is 1. The first kappa shape index (κ1) is 18.7. The van der Waals surface area contributed by atoms with Crippen molar-refractivity contribution in [2.75, 3.05) is 5.32 Å². The number of nitrogens with zero attached hydrogens (tertiary/aromatic N) is 4. The highest BCUT2D eigenvalue weighted by molar-refractivity contribution is 7.14. The zero-order chi connectivity index (χ0) is 20.4. The second kappa shape index (κ2) is 7.76. The number of aryl methyl sites for hydroxylation is 1. The Balaban J connectivity index is 1.56. The largest absolute Gasteiger partial charge is 0.298 e. The highest BCUT2D eigenvalue weighted by atomic mass is 32.1. The van der Waals surface area contributed by atoms with Crippen molar-refractivity contribution in [3.05, 3.63) is 77.1 Å². The lowest BCUT2D eigenvalue weighted by molar-refractivity contribution is -0.112. The molecule has 4 rings (SSSR count). The Morgan fingerprint density at radius 1 is 1.00 bits per heavy atom. The molecule has 0 bridgehead atoms. The lowest BCUT2D eigenvalue weighted by Crippen LogP contribution is -2.24. The molecule has 0 aliphatic rings. The number of ketones is 1. The van der Waals surface area contributed by atoms with E-state index >= 15 is 0 Å². The molecular formula is C21H17N5O2S. The lowest BCUT2D eigenvalue weighted by Gasteiger charge is -2.05. The number of Topliss-reactive ketones (excluding diaryl/α,β-unsaturated/α-hetero) is 1. The van der Waals surface area contributed by atoms with Gasteiger partial charge in [0.15, 0.2) is 5.13 Å². The zero-order valence-electron chi connectivity index (χ0n) is 15.8. The summed E-state index contributed by atoms with van der Waals surface area (Å²) < 4.78 is 1.67. The number of thiazole rings is 1. The molecule has 3 heterocycles. The number of carbonyl (C=O) groups excluding carboxylic acids is 2. The zero-order valence-corrected chi connectivity index (χ0v) is 16.6. The summed E-state index contributed by atoms with van der Waals surface area (Å²) in [6, 6.07) is 15.0. The molecule has 0 spiro atoms. The molecule has 0 saturated carbocycles. The SMILES string of the molecule is Cc1nn(-c2ccccc2)c(C)c1C(=O)C(=O)Nc1nc(-c2ccccn2)cs1. The predicted octanol–water partition coefficient (Wildman–Crippen LogP) is 3.83. The highest BCUT2D eigenvalue weighted by Crippen LogP contribution is 2.24. The smallest absolute Gasteiger partial charge is 0.295 e. The molecule has 0 fully saturated rings.